The van der Waals surface area contributed by atoms with E-state index in [-0.39, 0.29) is 18.4 Å². The quantitative estimate of drug-likeness (QED) is 0.306. The van der Waals surface area contributed by atoms with E-state index in [0.29, 0.717) is 13.2 Å². The maximum absolute atomic E-state index is 11.6. The molecule has 0 unspecified atom stereocenters. The molecule has 0 amide bonds. The first kappa shape index (κ1) is 20.2. The highest BCUT2D eigenvalue weighted by atomic mass is 35.5. The first-order valence-electron chi connectivity index (χ1n) is 8.17. The minimum absolute atomic E-state index is 0. The summed E-state index contributed by atoms with van der Waals surface area (Å²) in [6, 6.07) is 0. The van der Waals surface area contributed by atoms with Gasteiger partial charge in [0.25, 0.3) is 0 Å². The number of unbranched alkanes of at least 4 members (excludes halogenated alkanes) is 7. The predicted molar refractivity (Wildman–Crippen MR) is 82.0 cm³/mol. The van der Waals surface area contributed by atoms with Crippen molar-refractivity contribution in [1.29, 1.82) is 0 Å². The first-order chi connectivity index (χ1) is 9.72. The van der Waals surface area contributed by atoms with Gasteiger partial charge >= 0.3 is 5.97 Å². The lowest BCUT2D eigenvalue weighted by Gasteiger charge is -2.07. The van der Waals surface area contributed by atoms with Crippen molar-refractivity contribution in [2.24, 2.45) is 0 Å². The summed E-state index contributed by atoms with van der Waals surface area (Å²) in [6.45, 7) is 4.60. The van der Waals surface area contributed by atoms with Crippen molar-refractivity contribution in [3.05, 3.63) is 0 Å². The van der Waals surface area contributed by atoms with Crippen LogP contribution in [0.1, 0.15) is 64.7 Å². The number of rotatable bonds is 11. The van der Waals surface area contributed by atoms with Gasteiger partial charge in [-0.25, -0.2) is 4.90 Å². The Morgan fingerprint density at radius 2 is 1.76 bits per heavy atom. The summed E-state index contributed by atoms with van der Waals surface area (Å²) in [5.41, 5.74) is 0. The Morgan fingerprint density at radius 1 is 1.14 bits per heavy atom. The summed E-state index contributed by atoms with van der Waals surface area (Å²) in [5.74, 6) is -0.0565. The van der Waals surface area contributed by atoms with E-state index in [1.807, 2.05) is 18.3 Å². The van der Waals surface area contributed by atoms with E-state index in [4.69, 9.17) is 4.74 Å². The SMILES string of the molecule is CCCCCCCCCCC(=O)OCN1C=[N+](C)CC1.[Cl-]. The molecule has 1 aliphatic rings. The summed E-state index contributed by atoms with van der Waals surface area (Å²) in [7, 11) is 2.03. The van der Waals surface area contributed by atoms with Crippen LogP contribution in [-0.2, 0) is 9.53 Å². The Kier molecular flexibility index (Phi) is 12.5. The maximum atomic E-state index is 11.6. The van der Waals surface area contributed by atoms with Crippen LogP contribution in [0.4, 0.5) is 0 Å². The van der Waals surface area contributed by atoms with Crippen LogP contribution in [-0.4, -0.2) is 48.7 Å². The molecule has 0 bridgehead atoms. The standard InChI is InChI=1S/C16H31N2O2.ClH/c1-3-4-5-6-7-8-9-10-11-16(19)20-15-18-13-12-17(2)14-18;/h14H,3-13,15H2,1-2H3;1H/q+1;/p-1. The van der Waals surface area contributed by atoms with Gasteiger partial charge < -0.3 is 17.1 Å². The molecule has 0 aromatic heterocycles. The summed E-state index contributed by atoms with van der Waals surface area (Å²) < 4.78 is 7.37. The Labute approximate surface area is 136 Å². The normalized spacial score (nSPS) is 13.8. The summed E-state index contributed by atoms with van der Waals surface area (Å²) in [4.78, 5) is 13.6. The molecule has 0 aromatic rings. The van der Waals surface area contributed by atoms with Crippen LogP contribution in [0.2, 0.25) is 0 Å². The number of likely N-dealkylation sites (N-methyl/N-ethyl adjacent to an activating group) is 1. The number of ether oxygens (including phenoxy) is 1. The molecule has 4 nitrogen and oxygen atoms in total. The monoisotopic (exact) mass is 318 g/mol. The third kappa shape index (κ3) is 10.6. The van der Waals surface area contributed by atoms with Crippen LogP contribution in [0.15, 0.2) is 0 Å². The zero-order valence-electron chi connectivity index (χ0n) is 13.7. The number of nitrogens with zero attached hydrogens (tertiary/aromatic N) is 2. The van der Waals surface area contributed by atoms with Crippen LogP contribution in [0.3, 0.4) is 0 Å². The van der Waals surface area contributed by atoms with Crippen molar-refractivity contribution in [2.45, 2.75) is 64.7 Å². The van der Waals surface area contributed by atoms with E-state index in [9.17, 15) is 4.79 Å². The van der Waals surface area contributed by atoms with Crippen molar-refractivity contribution in [2.75, 3.05) is 26.9 Å². The molecule has 0 fully saturated rings. The van der Waals surface area contributed by atoms with E-state index in [1.54, 1.807) is 0 Å². The smallest absolute Gasteiger partial charge is 0.308 e. The van der Waals surface area contributed by atoms with E-state index >= 15 is 0 Å². The molecule has 0 N–H and O–H groups in total. The zero-order chi connectivity index (χ0) is 14.6. The third-order valence-corrected chi connectivity index (χ3v) is 3.73. The molecule has 0 aromatic carbocycles. The first-order valence-corrected chi connectivity index (χ1v) is 8.17. The summed E-state index contributed by atoms with van der Waals surface area (Å²) in [6.07, 6.45) is 12.6. The molecule has 0 aliphatic carbocycles. The van der Waals surface area contributed by atoms with Crippen molar-refractivity contribution in [3.8, 4) is 0 Å². The molecular formula is C16H31ClN2O2. The minimum atomic E-state index is -0.0565. The van der Waals surface area contributed by atoms with Crippen molar-refractivity contribution >= 4 is 12.3 Å². The molecule has 21 heavy (non-hydrogen) atoms. The fraction of sp³-hybridized carbons (Fsp3) is 0.875. The Balaban J connectivity index is 0.00000400. The third-order valence-electron chi connectivity index (χ3n) is 3.73. The lowest BCUT2D eigenvalue weighted by molar-refractivity contribution is -0.482. The van der Waals surface area contributed by atoms with Crippen LogP contribution in [0.5, 0.6) is 0 Å². The van der Waals surface area contributed by atoms with Gasteiger partial charge in [-0.1, -0.05) is 51.9 Å². The average molecular weight is 319 g/mol. The van der Waals surface area contributed by atoms with E-state index in [2.05, 4.69) is 11.5 Å². The highest BCUT2D eigenvalue weighted by Gasteiger charge is 2.17. The number of halogens is 1. The lowest BCUT2D eigenvalue weighted by atomic mass is 10.1. The van der Waals surface area contributed by atoms with Crippen molar-refractivity contribution in [3.63, 3.8) is 0 Å². The fourth-order valence-corrected chi connectivity index (χ4v) is 2.41. The molecule has 0 spiro atoms. The van der Waals surface area contributed by atoms with Gasteiger partial charge in [-0.2, -0.15) is 0 Å². The average Bonchev–Trinajstić information content (AvgIpc) is 2.85. The van der Waals surface area contributed by atoms with Gasteiger partial charge in [0.05, 0.1) is 7.05 Å². The molecule has 1 heterocycles. The highest BCUT2D eigenvalue weighted by molar-refractivity contribution is 5.69. The minimum Gasteiger partial charge on any atom is -1.00 e. The van der Waals surface area contributed by atoms with E-state index < -0.39 is 0 Å². The number of hydrogen-bond donors (Lipinski definition) is 0. The number of esters is 1. The van der Waals surface area contributed by atoms with Crippen LogP contribution >= 0.6 is 0 Å². The van der Waals surface area contributed by atoms with E-state index in [0.717, 1.165) is 25.9 Å². The van der Waals surface area contributed by atoms with E-state index in [1.165, 1.54) is 38.5 Å². The van der Waals surface area contributed by atoms with Crippen LogP contribution in [0.25, 0.3) is 0 Å². The second-order valence-electron chi connectivity index (χ2n) is 5.78. The Bertz CT molecular complexity index is 309. The molecule has 0 radical (unpaired) electrons. The fourth-order valence-electron chi connectivity index (χ4n) is 2.41. The second-order valence-corrected chi connectivity index (χ2v) is 5.78. The molecule has 1 aliphatic heterocycles. The van der Waals surface area contributed by atoms with Gasteiger partial charge in [-0.05, 0) is 6.42 Å². The molecule has 0 saturated carbocycles. The Morgan fingerprint density at radius 3 is 2.33 bits per heavy atom. The maximum Gasteiger partial charge on any atom is 0.308 e. The largest absolute Gasteiger partial charge is 1.00 e. The molecule has 124 valence electrons. The lowest BCUT2D eigenvalue weighted by Crippen LogP contribution is -3.00. The predicted octanol–water partition coefficient (Wildman–Crippen LogP) is 0.00810. The van der Waals surface area contributed by atoms with Gasteiger partial charge in [0.2, 0.25) is 13.1 Å². The number of hydrogen-bond acceptors (Lipinski definition) is 3. The molecule has 5 heteroatoms. The number of carbonyl (C=O) groups excluding carboxylic acids is 1. The van der Waals surface area contributed by atoms with Crippen LogP contribution in [0, 0.1) is 0 Å². The Hall–Kier alpha value is -0.770. The topological polar surface area (TPSA) is 32.5 Å². The van der Waals surface area contributed by atoms with Gasteiger partial charge in [0.1, 0.15) is 13.1 Å². The summed E-state index contributed by atoms with van der Waals surface area (Å²) >= 11 is 0. The molecular weight excluding hydrogens is 288 g/mol. The van der Waals surface area contributed by atoms with Gasteiger partial charge in [-0.15, -0.1) is 0 Å². The number of carbonyl (C=O) groups is 1. The zero-order valence-corrected chi connectivity index (χ0v) is 14.4. The molecule has 0 saturated heterocycles. The highest BCUT2D eigenvalue weighted by Crippen LogP contribution is 2.10. The summed E-state index contributed by atoms with van der Waals surface area (Å²) in [5, 5.41) is 0. The van der Waals surface area contributed by atoms with Crippen LogP contribution < -0.4 is 12.4 Å². The second kappa shape index (κ2) is 12.9. The van der Waals surface area contributed by atoms with Gasteiger partial charge in [0.15, 0.2) is 0 Å². The van der Waals surface area contributed by atoms with Crippen molar-refractivity contribution < 1.29 is 26.5 Å². The van der Waals surface area contributed by atoms with Gasteiger partial charge in [0, 0.05) is 6.42 Å². The molecule has 0 atom stereocenters. The van der Waals surface area contributed by atoms with Crippen molar-refractivity contribution in [1.82, 2.24) is 4.90 Å². The molecule has 1 rings (SSSR count). The van der Waals surface area contributed by atoms with Gasteiger partial charge in [-0.3, -0.25) is 9.37 Å².